The van der Waals surface area contributed by atoms with Crippen molar-refractivity contribution in [2.45, 2.75) is 11.5 Å². The van der Waals surface area contributed by atoms with Crippen molar-refractivity contribution in [2.24, 2.45) is 0 Å². The van der Waals surface area contributed by atoms with Crippen LogP contribution < -0.4 is 4.74 Å². The van der Waals surface area contributed by atoms with Gasteiger partial charge in [0, 0.05) is 20.4 Å². The Hall–Kier alpha value is -0.710. The molecule has 1 heterocycles. The molecule has 0 unspecified atom stereocenters. The fraction of sp³-hybridized carbons (Fsp3) is 0.200. The zero-order valence-electron chi connectivity index (χ0n) is 7.65. The van der Waals surface area contributed by atoms with E-state index in [1.165, 1.54) is 0 Å². The summed E-state index contributed by atoms with van der Waals surface area (Å²) in [5.74, 6) is 0.809. The Morgan fingerprint density at radius 1 is 1.50 bits per heavy atom. The van der Waals surface area contributed by atoms with Crippen molar-refractivity contribution < 1.29 is 9.84 Å². The van der Waals surface area contributed by atoms with Gasteiger partial charge < -0.3 is 9.84 Å². The Labute approximate surface area is 91.5 Å². The predicted octanol–water partition coefficient (Wildman–Crippen LogP) is 2.69. The number of thiol groups is 1. The first-order valence-corrected chi connectivity index (χ1v) is 5.47. The van der Waals surface area contributed by atoms with Crippen molar-refractivity contribution in [2.75, 3.05) is 7.11 Å². The number of ether oxygens (including phenoxy) is 1. The van der Waals surface area contributed by atoms with Gasteiger partial charge in [0.2, 0.25) is 0 Å². The lowest BCUT2D eigenvalue weighted by atomic mass is 10.1. The van der Waals surface area contributed by atoms with E-state index in [4.69, 9.17) is 9.84 Å². The van der Waals surface area contributed by atoms with E-state index < -0.39 is 0 Å². The molecule has 2 nitrogen and oxygen atoms in total. The van der Waals surface area contributed by atoms with Crippen LogP contribution in [0.3, 0.4) is 0 Å². The van der Waals surface area contributed by atoms with Crippen molar-refractivity contribution in [3.8, 4) is 5.75 Å². The first kappa shape index (κ1) is 9.83. The van der Waals surface area contributed by atoms with E-state index in [0.29, 0.717) is 0 Å². The van der Waals surface area contributed by atoms with Gasteiger partial charge >= 0.3 is 0 Å². The highest BCUT2D eigenvalue weighted by Crippen LogP contribution is 2.37. The largest absolute Gasteiger partial charge is 0.496 e. The molecule has 1 aromatic carbocycles. The summed E-state index contributed by atoms with van der Waals surface area (Å²) >= 11 is 5.94. The van der Waals surface area contributed by atoms with Crippen molar-refractivity contribution in [1.29, 1.82) is 0 Å². The highest BCUT2D eigenvalue weighted by molar-refractivity contribution is 7.80. The Morgan fingerprint density at radius 2 is 2.29 bits per heavy atom. The second-order valence-electron chi connectivity index (χ2n) is 2.91. The van der Waals surface area contributed by atoms with Crippen LogP contribution >= 0.6 is 24.0 Å². The molecule has 0 radical (unpaired) electrons. The Bertz CT molecular complexity index is 462. The quantitative estimate of drug-likeness (QED) is 0.771. The molecule has 1 aromatic heterocycles. The van der Waals surface area contributed by atoms with E-state index in [1.54, 1.807) is 18.4 Å². The lowest BCUT2D eigenvalue weighted by Gasteiger charge is -2.05. The number of thiophene rings is 1. The van der Waals surface area contributed by atoms with E-state index >= 15 is 0 Å². The summed E-state index contributed by atoms with van der Waals surface area (Å²) in [6, 6.07) is 3.74. The zero-order chi connectivity index (χ0) is 10.1. The third-order valence-electron chi connectivity index (χ3n) is 2.14. The minimum absolute atomic E-state index is 0.0498. The Morgan fingerprint density at radius 3 is 2.93 bits per heavy atom. The molecule has 0 saturated carbocycles. The maximum atomic E-state index is 9.15. The van der Waals surface area contributed by atoms with E-state index in [-0.39, 0.29) is 6.61 Å². The number of rotatable bonds is 2. The van der Waals surface area contributed by atoms with Crippen LogP contribution in [0, 0.1) is 0 Å². The van der Waals surface area contributed by atoms with Gasteiger partial charge in [0.15, 0.2) is 0 Å². The molecule has 1 N–H and O–H groups in total. The van der Waals surface area contributed by atoms with E-state index in [0.717, 1.165) is 26.3 Å². The summed E-state index contributed by atoms with van der Waals surface area (Å²) in [5.41, 5.74) is 0.922. The van der Waals surface area contributed by atoms with E-state index in [9.17, 15) is 0 Å². The minimum atomic E-state index is 0.0498. The Balaban J connectivity index is 2.81. The molecular formula is C10H10O2S2. The standard InChI is InChI=1S/C10H10O2S2/c1-12-7-3-2-6(4-11)10-9(7)8(13)5-14-10/h2-3,5,11,13H,4H2,1H3. The SMILES string of the molecule is COc1ccc(CO)c2scc(S)c12. The topological polar surface area (TPSA) is 29.5 Å². The van der Waals surface area contributed by atoms with Crippen molar-refractivity contribution >= 4 is 34.1 Å². The molecule has 0 fully saturated rings. The Kier molecular flexibility index (Phi) is 2.67. The number of aliphatic hydroxyl groups excluding tert-OH is 1. The molecule has 4 heteroatoms. The summed E-state index contributed by atoms with van der Waals surface area (Å²) in [7, 11) is 1.64. The molecule has 2 rings (SSSR count). The van der Waals surface area contributed by atoms with Crippen LogP contribution in [0.2, 0.25) is 0 Å². The summed E-state index contributed by atoms with van der Waals surface area (Å²) in [5, 5.41) is 12.1. The van der Waals surface area contributed by atoms with Crippen LogP contribution in [-0.2, 0) is 6.61 Å². The number of hydrogen-bond donors (Lipinski definition) is 2. The first-order valence-electron chi connectivity index (χ1n) is 4.14. The maximum absolute atomic E-state index is 9.15. The second kappa shape index (κ2) is 3.81. The molecule has 0 atom stereocenters. The summed E-state index contributed by atoms with van der Waals surface area (Å²) < 4.78 is 6.29. The second-order valence-corrected chi connectivity index (χ2v) is 4.27. The number of hydrogen-bond acceptors (Lipinski definition) is 4. The van der Waals surface area contributed by atoms with Crippen LogP contribution in [0.15, 0.2) is 22.4 Å². The smallest absolute Gasteiger partial charge is 0.128 e. The molecule has 14 heavy (non-hydrogen) atoms. The predicted molar refractivity (Wildman–Crippen MR) is 61.6 cm³/mol. The molecule has 74 valence electrons. The monoisotopic (exact) mass is 226 g/mol. The van der Waals surface area contributed by atoms with Gasteiger partial charge in [0.25, 0.3) is 0 Å². The van der Waals surface area contributed by atoms with Gasteiger partial charge in [-0.05, 0) is 11.6 Å². The molecule has 2 aromatic rings. The highest BCUT2D eigenvalue weighted by atomic mass is 32.1. The van der Waals surface area contributed by atoms with Crippen molar-refractivity contribution in [3.05, 3.63) is 23.1 Å². The average molecular weight is 226 g/mol. The summed E-state index contributed by atoms with van der Waals surface area (Å²) in [6.45, 7) is 0.0498. The molecule has 0 spiro atoms. The number of fused-ring (bicyclic) bond motifs is 1. The van der Waals surface area contributed by atoms with Crippen molar-refractivity contribution in [3.63, 3.8) is 0 Å². The van der Waals surface area contributed by atoms with Gasteiger partial charge in [-0.25, -0.2) is 0 Å². The fourth-order valence-electron chi connectivity index (χ4n) is 1.45. The fourth-order valence-corrected chi connectivity index (χ4v) is 2.87. The van der Waals surface area contributed by atoms with E-state index in [2.05, 4.69) is 12.6 Å². The lowest BCUT2D eigenvalue weighted by molar-refractivity contribution is 0.283. The first-order chi connectivity index (χ1) is 6.77. The van der Waals surface area contributed by atoms with Crippen LogP contribution in [-0.4, -0.2) is 12.2 Å². The third-order valence-corrected chi connectivity index (χ3v) is 3.72. The highest BCUT2D eigenvalue weighted by Gasteiger charge is 2.10. The molecular weight excluding hydrogens is 216 g/mol. The average Bonchev–Trinajstić information content (AvgIpc) is 2.60. The molecule has 0 aliphatic rings. The van der Waals surface area contributed by atoms with Crippen LogP contribution in [0.5, 0.6) is 5.75 Å². The molecule has 0 aliphatic carbocycles. The molecule has 0 bridgehead atoms. The summed E-state index contributed by atoms with van der Waals surface area (Å²) in [4.78, 5) is 0.900. The third kappa shape index (κ3) is 1.39. The molecule has 0 amide bonds. The zero-order valence-corrected chi connectivity index (χ0v) is 9.36. The maximum Gasteiger partial charge on any atom is 0.128 e. The van der Waals surface area contributed by atoms with Gasteiger partial charge in [-0.2, -0.15) is 0 Å². The number of benzene rings is 1. The van der Waals surface area contributed by atoms with Gasteiger partial charge in [-0.1, -0.05) is 6.07 Å². The van der Waals surface area contributed by atoms with Gasteiger partial charge in [0.1, 0.15) is 5.75 Å². The van der Waals surface area contributed by atoms with E-state index in [1.807, 2.05) is 17.5 Å². The molecule has 0 aliphatic heterocycles. The normalized spacial score (nSPS) is 10.8. The minimum Gasteiger partial charge on any atom is -0.496 e. The van der Waals surface area contributed by atoms with Crippen LogP contribution in [0.25, 0.3) is 10.1 Å². The lowest BCUT2D eigenvalue weighted by Crippen LogP contribution is -1.87. The van der Waals surface area contributed by atoms with Gasteiger partial charge in [-0.3, -0.25) is 0 Å². The molecule has 0 saturated heterocycles. The van der Waals surface area contributed by atoms with Gasteiger partial charge in [0.05, 0.1) is 13.7 Å². The van der Waals surface area contributed by atoms with Crippen LogP contribution in [0.1, 0.15) is 5.56 Å². The van der Waals surface area contributed by atoms with Crippen LogP contribution in [0.4, 0.5) is 0 Å². The summed E-state index contributed by atoms with van der Waals surface area (Å²) in [6.07, 6.45) is 0. The number of methoxy groups -OCH3 is 1. The van der Waals surface area contributed by atoms with Gasteiger partial charge in [-0.15, -0.1) is 24.0 Å². The van der Waals surface area contributed by atoms with Crippen molar-refractivity contribution in [1.82, 2.24) is 0 Å². The number of aliphatic hydroxyl groups is 1.